The third-order valence-electron chi connectivity index (χ3n) is 2.52. The van der Waals surface area contributed by atoms with E-state index in [0.717, 1.165) is 22.3 Å². The van der Waals surface area contributed by atoms with Gasteiger partial charge in [-0.2, -0.15) is 0 Å². The quantitative estimate of drug-likeness (QED) is 0.922. The average molecular weight is 285 g/mol. The van der Waals surface area contributed by atoms with Crippen LogP contribution in [0.25, 0.3) is 0 Å². The average Bonchev–Trinajstić information content (AvgIpc) is 2.29. The Morgan fingerprint density at radius 3 is 2.81 bits per heavy atom. The number of rotatable bonds is 4. The highest BCUT2D eigenvalue weighted by atomic mass is 79.9. The van der Waals surface area contributed by atoms with E-state index in [9.17, 15) is 4.79 Å². The first kappa shape index (κ1) is 13.0. The molecule has 0 saturated carbocycles. The Morgan fingerprint density at radius 2 is 2.19 bits per heavy atom. The monoisotopic (exact) mass is 284 g/mol. The number of carbonyl (C=O) groups is 1. The van der Waals surface area contributed by atoms with Gasteiger partial charge in [-0.1, -0.05) is 12.1 Å². The molecule has 0 spiro atoms. The highest BCUT2D eigenvalue weighted by molar-refractivity contribution is 9.10. The molecule has 0 aliphatic carbocycles. The zero-order chi connectivity index (χ0) is 12.1. The van der Waals surface area contributed by atoms with Crippen LogP contribution in [0.15, 0.2) is 22.7 Å². The van der Waals surface area contributed by atoms with Gasteiger partial charge in [0, 0.05) is 23.8 Å². The molecule has 0 aliphatic rings. The molecule has 0 fully saturated rings. The SMILES string of the molecule is CCN(C)C(=O)CNc1cccc(C)c1Br. The van der Waals surface area contributed by atoms with E-state index < -0.39 is 0 Å². The Hall–Kier alpha value is -1.03. The molecule has 1 aromatic carbocycles. The van der Waals surface area contributed by atoms with Crippen molar-refractivity contribution in [3.05, 3.63) is 28.2 Å². The van der Waals surface area contributed by atoms with Crippen molar-refractivity contribution in [2.75, 3.05) is 25.5 Å². The van der Waals surface area contributed by atoms with E-state index in [-0.39, 0.29) is 5.91 Å². The predicted molar refractivity (Wildman–Crippen MR) is 70.7 cm³/mol. The van der Waals surface area contributed by atoms with Crippen molar-refractivity contribution in [3.8, 4) is 0 Å². The molecule has 1 aromatic rings. The zero-order valence-corrected chi connectivity index (χ0v) is 11.5. The number of halogens is 1. The zero-order valence-electron chi connectivity index (χ0n) is 9.88. The molecule has 88 valence electrons. The van der Waals surface area contributed by atoms with E-state index in [1.807, 2.05) is 32.0 Å². The van der Waals surface area contributed by atoms with Gasteiger partial charge in [-0.3, -0.25) is 4.79 Å². The van der Waals surface area contributed by atoms with E-state index in [4.69, 9.17) is 0 Å². The van der Waals surface area contributed by atoms with E-state index in [0.29, 0.717) is 6.54 Å². The van der Waals surface area contributed by atoms with Crippen molar-refractivity contribution in [2.45, 2.75) is 13.8 Å². The van der Waals surface area contributed by atoms with Crippen LogP contribution in [0.3, 0.4) is 0 Å². The van der Waals surface area contributed by atoms with Gasteiger partial charge in [0.1, 0.15) is 0 Å². The Bertz CT molecular complexity index is 379. The van der Waals surface area contributed by atoms with Crippen molar-refractivity contribution >= 4 is 27.5 Å². The van der Waals surface area contributed by atoms with Crippen LogP contribution in [0.1, 0.15) is 12.5 Å². The Balaban J connectivity index is 2.61. The van der Waals surface area contributed by atoms with Crippen LogP contribution in [0.4, 0.5) is 5.69 Å². The van der Waals surface area contributed by atoms with Gasteiger partial charge in [0.25, 0.3) is 0 Å². The summed E-state index contributed by atoms with van der Waals surface area (Å²) in [5.41, 5.74) is 2.11. The molecule has 0 bridgehead atoms. The third-order valence-corrected chi connectivity index (χ3v) is 3.57. The van der Waals surface area contributed by atoms with Crippen molar-refractivity contribution in [1.29, 1.82) is 0 Å². The number of hydrogen-bond acceptors (Lipinski definition) is 2. The lowest BCUT2D eigenvalue weighted by molar-refractivity contribution is -0.127. The van der Waals surface area contributed by atoms with E-state index in [1.54, 1.807) is 11.9 Å². The number of amides is 1. The summed E-state index contributed by atoms with van der Waals surface area (Å²) in [6.45, 7) is 5.04. The number of likely N-dealkylation sites (N-methyl/N-ethyl adjacent to an activating group) is 1. The number of nitrogens with zero attached hydrogens (tertiary/aromatic N) is 1. The van der Waals surface area contributed by atoms with Crippen LogP contribution < -0.4 is 5.32 Å². The van der Waals surface area contributed by atoms with E-state index in [1.165, 1.54) is 0 Å². The molecule has 16 heavy (non-hydrogen) atoms. The van der Waals surface area contributed by atoms with Gasteiger partial charge in [-0.05, 0) is 41.4 Å². The smallest absolute Gasteiger partial charge is 0.241 e. The topological polar surface area (TPSA) is 32.3 Å². The van der Waals surface area contributed by atoms with Gasteiger partial charge < -0.3 is 10.2 Å². The Labute approximate surface area is 105 Å². The Kier molecular flexibility index (Phi) is 4.80. The normalized spacial score (nSPS) is 10.0. The number of hydrogen-bond donors (Lipinski definition) is 1. The summed E-state index contributed by atoms with van der Waals surface area (Å²) in [4.78, 5) is 13.3. The van der Waals surface area contributed by atoms with Gasteiger partial charge >= 0.3 is 0 Å². The van der Waals surface area contributed by atoms with Crippen molar-refractivity contribution < 1.29 is 4.79 Å². The third kappa shape index (κ3) is 3.23. The maximum atomic E-state index is 11.6. The Morgan fingerprint density at radius 1 is 1.50 bits per heavy atom. The first-order chi connectivity index (χ1) is 7.56. The van der Waals surface area contributed by atoms with E-state index >= 15 is 0 Å². The molecular formula is C12H17BrN2O. The second-order valence-corrected chi connectivity index (χ2v) is 4.49. The maximum absolute atomic E-state index is 11.6. The summed E-state index contributed by atoms with van der Waals surface area (Å²) < 4.78 is 1.02. The fourth-order valence-electron chi connectivity index (χ4n) is 1.27. The molecule has 0 saturated heterocycles. The molecule has 0 aromatic heterocycles. The first-order valence-electron chi connectivity index (χ1n) is 5.29. The molecule has 1 rings (SSSR count). The highest BCUT2D eigenvalue weighted by Gasteiger charge is 2.07. The largest absolute Gasteiger partial charge is 0.375 e. The minimum Gasteiger partial charge on any atom is -0.375 e. The van der Waals surface area contributed by atoms with Gasteiger partial charge in [-0.15, -0.1) is 0 Å². The molecule has 0 aliphatic heterocycles. The molecule has 3 nitrogen and oxygen atoms in total. The highest BCUT2D eigenvalue weighted by Crippen LogP contribution is 2.25. The van der Waals surface area contributed by atoms with Gasteiger partial charge in [-0.25, -0.2) is 0 Å². The number of anilines is 1. The van der Waals surface area contributed by atoms with Crippen molar-refractivity contribution in [2.24, 2.45) is 0 Å². The van der Waals surface area contributed by atoms with Crippen LogP contribution in [0, 0.1) is 6.92 Å². The summed E-state index contributed by atoms with van der Waals surface area (Å²) in [6.07, 6.45) is 0. The summed E-state index contributed by atoms with van der Waals surface area (Å²) in [7, 11) is 1.80. The van der Waals surface area contributed by atoms with Crippen LogP contribution >= 0.6 is 15.9 Å². The number of carbonyl (C=O) groups excluding carboxylic acids is 1. The lowest BCUT2D eigenvalue weighted by atomic mass is 10.2. The molecular weight excluding hydrogens is 268 g/mol. The summed E-state index contributed by atoms with van der Waals surface area (Å²) >= 11 is 3.50. The second kappa shape index (κ2) is 5.89. The van der Waals surface area contributed by atoms with Gasteiger partial charge in [0.2, 0.25) is 5.91 Å². The molecule has 1 amide bonds. The van der Waals surface area contributed by atoms with Crippen molar-refractivity contribution in [3.63, 3.8) is 0 Å². The van der Waals surface area contributed by atoms with E-state index in [2.05, 4.69) is 21.2 Å². The molecule has 4 heteroatoms. The first-order valence-corrected chi connectivity index (χ1v) is 6.08. The summed E-state index contributed by atoms with van der Waals surface area (Å²) in [5.74, 6) is 0.0934. The number of nitrogens with one attached hydrogen (secondary N) is 1. The number of benzene rings is 1. The lowest BCUT2D eigenvalue weighted by Gasteiger charge is -2.16. The maximum Gasteiger partial charge on any atom is 0.241 e. The minimum absolute atomic E-state index is 0.0934. The van der Waals surface area contributed by atoms with Crippen LogP contribution in [-0.2, 0) is 4.79 Å². The van der Waals surface area contributed by atoms with Gasteiger partial charge in [0.05, 0.1) is 6.54 Å². The fourth-order valence-corrected chi connectivity index (χ4v) is 1.67. The minimum atomic E-state index is 0.0934. The van der Waals surface area contributed by atoms with Crippen molar-refractivity contribution in [1.82, 2.24) is 4.90 Å². The molecule has 1 N–H and O–H groups in total. The summed E-state index contributed by atoms with van der Waals surface area (Å²) in [6, 6.07) is 5.95. The lowest BCUT2D eigenvalue weighted by Crippen LogP contribution is -2.31. The molecule has 0 radical (unpaired) electrons. The molecule has 0 heterocycles. The molecule has 0 atom stereocenters. The summed E-state index contributed by atoms with van der Waals surface area (Å²) in [5, 5.41) is 3.13. The van der Waals surface area contributed by atoms with Crippen LogP contribution in [0.2, 0.25) is 0 Å². The fraction of sp³-hybridized carbons (Fsp3) is 0.417. The number of aryl methyl sites for hydroxylation is 1. The second-order valence-electron chi connectivity index (χ2n) is 3.70. The van der Waals surface area contributed by atoms with Crippen LogP contribution in [0.5, 0.6) is 0 Å². The van der Waals surface area contributed by atoms with Gasteiger partial charge in [0.15, 0.2) is 0 Å². The van der Waals surface area contributed by atoms with Crippen LogP contribution in [-0.4, -0.2) is 30.9 Å². The predicted octanol–water partition coefficient (Wildman–Crippen LogP) is 2.65. The standard InChI is InChI=1S/C12H17BrN2O/c1-4-15(3)11(16)8-14-10-7-5-6-9(2)12(10)13/h5-7,14H,4,8H2,1-3H3. The molecule has 0 unspecified atom stereocenters.